The van der Waals surface area contributed by atoms with Gasteiger partial charge in [0.2, 0.25) is 5.91 Å². The molecule has 3 unspecified atom stereocenters. The predicted octanol–water partition coefficient (Wildman–Crippen LogP) is 3.21. The third kappa shape index (κ3) is 4.30. The van der Waals surface area contributed by atoms with Gasteiger partial charge in [0.1, 0.15) is 5.54 Å². The average Bonchev–Trinajstić information content (AvgIpc) is 2.83. The standard InChI is InChI=1S/C21H35N3O3/c1-14(2)16-8-7-15(3)13-17(16)22-18(25)9-12-24-19(26)21(23-20(24)27)10-5-4-6-11-21/h14-17H,4-13H2,1-3H3,(H,22,25)(H,23,27). The zero-order valence-corrected chi connectivity index (χ0v) is 17.1. The Morgan fingerprint density at radius 1 is 1.22 bits per heavy atom. The number of amides is 4. The van der Waals surface area contributed by atoms with Crippen molar-refractivity contribution in [3.8, 4) is 0 Å². The van der Waals surface area contributed by atoms with E-state index >= 15 is 0 Å². The number of carbonyl (C=O) groups is 3. The zero-order chi connectivity index (χ0) is 19.6. The Hall–Kier alpha value is -1.59. The van der Waals surface area contributed by atoms with Gasteiger partial charge in [0, 0.05) is 19.0 Å². The summed E-state index contributed by atoms with van der Waals surface area (Å²) in [5.74, 6) is 1.49. The van der Waals surface area contributed by atoms with Crippen LogP contribution in [-0.2, 0) is 9.59 Å². The maximum absolute atomic E-state index is 12.8. The Balaban J connectivity index is 1.54. The Morgan fingerprint density at radius 2 is 1.93 bits per heavy atom. The van der Waals surface area contributed by atoms with Gasteiger partial charge in [0.25, 0.3) is 5.91 Å². The van der Waals surface area contributed by atoms with Crippen molar-refractivity contribution in [2.24, 2.45) is 17.8 Å². The van der Waals surface area contributed by atoms with E-state index in [2.05, 4.69) is 31.4 Å². The second-order valence-electron chi connectivity index (χ2n) is 9.28. The van der Waals surface area contributed by atoms with Crippen LogP contribution in [0.3, 0.4) is 0 Å². The van der Waals surface area contributed by atoms with Crippen LogP contribution in [0.1, 0.15) is 78.6 Å². The summed E-state index contributed by atoms with van der Waals surface area (Å²) in [5.41, 5.74) is -0.701. The van der Waals surface area contributed by atoms with Crippen LogP contribution in [0.15, 0.2) is 0 Å². The lowest BCUT2D eigenvalue weighted by Gasteiger charge is -2.37. The lowest BCUT2D eigenvalue weighted by molar-refractivity contribution is -0.132. The average molecular weight is 378 g/mol. The summed E-state index contributed by atoms with van der Waals surface area (Å²) in [6, 6.07) is -0.130. The molecule has 27 heavy (non-hydrogen) atoms. The first-order valence-electron chi connectivity index (χ1n) is 10.8. The van der Waals surface area contributed by atoms with E-state index < -0.39 is 5.54 Å². The number of nitrogens with one attached hydrogen (secondary N) is 2. The summed E-state index contributed by atoms with van der Waals surface area (Å²) in [7, 11) is 0. The van der Waals surface area contributed by atoms with Crippen molar-refractivity contribution in [1.29, 1.82) is 0 Å². The van der Waals surface area contributed by atoms with Crippen molar-refractivity contribution in [3.63, 3.8) is 0 Å². The summed E-state index contributed by atoms with van der Waals surface area (Å²) in [6.07, 6.45) is 8.06. The highest BCUT2D eigenvalue weighted by Crippen LogP contribution is 2.34. The van der Waals surface area contributed by atoms with Crippen molar-refractivity contribution in [1.82, 2.24) is 15.5 Å². The first kappa shape index (κ1) is 20.2. The predicted molar refractivity (Wildman–Crippen MR) is 104 cm³/mol. The van der Waals surface area contributed by atoms with E-state index in [1.807, 2.05) is 0 Å². The minimum atomic E-state index is -0.701. The smallest absolute Gasteiger partial charge is 0.325 e. The topological polar surface area (TPSA) is 78.5 Å². The fourth-order valence-electron chi connectivity index (χ4n) is 5.23. The molecule has 2 N–H and O–H groups in total. The van der Waals surface area contributed by atoms with Gasteiger partial charge >= 0.3 is 6.03 Å². The van der Waals surface area contributed by atoms with Crippen LogP contribution < -0.4 is 10.6 Å². The van der Waals surface area contributed by atoms with E-state index in [-0.39, 0.29) is 36.9 Å². The number of hydrogen-bond donors (Lipinski definition) is 2. The van der Waals surface area contributed by atoms with Crippen LogP contribution in [-0.4, -0.2) is 40.9 Å². The first-order chi connectivity index (χ1) is 12.8. The molecule has 1 saturated heterocycles. The van der Waals surface area contributed by atoms with Crippen molar-refractivity contribution in [3.05, 3.63) is 0 Å². The Bertz CT molecular complexity index is 583. The van der Waals surface area contributed by atoms with Crippen molar-refractivity contribution >= 4 is 17.8 Å². The van der Waals surface area contributed by atoms with Crippen molar-refractivity contribution in [2.45, 2.75) is 90.1 Å². The normalized spacial score (nSPS) is 30.7. The van der Waals surface area contributed by atoms with E-state index in [9.17, 15) is 14.4 Å². The highest BCUT2D eigenvalue weighted by atomic mass is 16.2. The molecule has 3 fully saturated rings. The maximum Gasteiger partial charge on any atom is 0.325 e. The highest BCUT2D eigenvalue weighted by Gasteiger charge is 2.51. The van der Waals surface area contributed by atoms with Gasteiger partial charge in [-0.3, -0.25) is 14.5 Å². The molecule has 2 aliphatic carbocycles. The van der Waals surface area contributed by atoms with Gasteiger partial charge in [0.15, 0.2) is 0 Å². The minimum Gasteiger partial charge on any atom is -0.353 e. The number of imide groups is 1. The lowest BCUT2D eigenvalue weighted by atomic mass is 9.74. The molecule has 6 nitrogen and oxygen atoms in total. The third-order valence-corrected chi connectivity index (χ3v) is 6.88. The summed E-state index contributed by atoms with van der Waals surface area (Å²) in [4.78, 5) is 38.9. The molecule has 3 aliphatic rings. The first-order valence-corrected chi connectivity index (χ1v) is 10.8. The summed E-state index contributed by atoms with van der Waals surface area (Å²) < 4.78 is 0. The molecular formula is C21H35N3O3. The zero-order valence-electron chi connectivity index (χ0n) is 17.1. The second kappa shape index (κ2) is 8.19. The molecular weight excluding hydrogens is 342 g/mol. The molecule has 3 rings (SSSR count). The molecule has 1 spiro atoms. The Morgan fingerprint density at radius 3 is 2.59 bits per heavy atom. The van der Waals surface area contributed by atoms with E-state index in [1.165, 1.54) is 11.3 Å². The maximum atomic E-state index is 12.8. The monoisotopic (exact) mass is 377 g/mol. The van der Waals surface area contributed by atoms with Crippen LogP contribution in [0.5, 0.6) is 0 Å². The van der Waals surface area contributed by atoms with E-state index in [1.54, 1.807) is 0 Å². The van der Waals surface area contributed by atoms with Crippen LogP contribution >= 0.6 is 0 Å². The van der Waals surface area contributed by atoms with Gasteiger partial charge in [-0.1, -0.05) is 46.5 Å². The number of nitrogens with zero attached hydrogens (tertiary/aromatic N) is 1. The highest BCUT2D eigenvalue weighted by molar-refractivity contribution is 6.07. The second-order valence-corrected chi connectivity index (χ2v) is 9.28. The van der Waals surface area contributed by atoms with Crippen molar-refractivity contribution < 1.29 is 14.4 Å². The number of urea groups is 1. The molecule has 4 amide bonds. The van der Waals surface area contributed by atoms with Crippen LogP contribution in [0.4, 0.5) is 4.79 Å². The summed E-state index contributed by atoms with van der Waals surface area (Å²) in [5, 5.41) is 6.10. The molecule has 6 heteroatoms. The number of carbonyl (C=O) groups excluding carboxylic acids is 3. The molecule has 3 atom stereocenters. The van der Waals surface area contributed by atoms with Crippen molar-refractivity contribution in [2.75, 3.05) is 6.54 Å². The van der Waals surface area contributed by atoms with Crippen LogP contribution in [0.2, 0.25) is 0 Å². The van der Waals surface area contributed by atoms with Gasteiger partial charge in [-0.25, -0.2) is 4.79 Å². The molecule has 0 aromatic heterocycles. The molecule has 1 aliphatic heterocycles. The SMILES string of the molecule is CC1CCC(C(C)C)C(NC(=O)CCN2C(=O)NC3(CCCCC3)C2=O)C1. The van der Waals surface area contributed by atoms with E-state index in [0.29, 0.717) is 17.8 Å². The largest absolute Gasteiger partial charge is 0.353 e. The fraction of sp³-hybridized carbons (Fsp3) is 0.857. The molecule has 2 saturated carbocycles. The summed E-state index contributed by atoms with van der Waals surface area (Å²) >= 11 is 0. The van der Waals surface area contributed by atoms with E-state index in [4.69, 9.17) is 0 Å². The summed E-state index contributed by atoms with van der Waals surface area (Å²) in [6.45, 7) is 6.85. The quantitative estimate of drug-likeness (QED) is 0.722. The number of hydrogen-bond acceptors (Lipinski definition) is 3. The number of rotatable bonds is 5. The fourth-order valence-corrected chi connectivity index (χ4v) is 5.23. The van der Waals surface area contributed by atoms with Crippen LogP contribution in [0, 0.1) is 17.8 Å². The lowest BCUT2D eigenvalue weighted by Crippen LogP contribution is -2.48. The van der Waals surface area contributed by atoms with Gasteiger partial charge in [0.05, 0.1) is 0 Å². The molecule has 0 aromatic carbocycles. The van der Waals surface area contributed by atoms with Gasteiger partial charge < -0.3 is 10.6 Å². The Labute approximate surface area is 162 Å². The van der Waals surface area contributed by atoms with E-state index in [0.717, 1.165) is 44.9 Å². The molecule has 0 radical (unpaired) electrons. The minimum absolute atomic E-state index is 0.0510. The van der Waals surface area contributed by atoms with Crippen LogP contribution in [0.25, 0.3) is 0 Å². The molecule has 1 heterocycles. The molecule has 0 bridgehead atoms. The molecule has 152 valence electrons. The molecule has 0 aromatic rings. The van der Waals surface area contributed by atoms with Gasteiger partial charge in [-0.15, -0.1) is 0 Å². The Kier molecular flexibility index (Phi) is 6.11. The third-order valence-electron chi connectivity index (χ3n) is 6.88. The van der Waals surface area contributed by atoms with Gasteiger partial charge in [-0.2, -0.15) is 0 Å². The van der Waals surface area contributed by atoms with Gasteiger partial charge in [-0.05, 0) is 43.4 Å².